The summed E-state index contributed by atoms with van der Waals surface area (Å²) in [4.78, 5) is 10.9. The summed E-state index contributed by atoms with van der Waals surface area (Å²) in [6.07, 6.45) is 1.33. The molecule has 1 aromatic carbocycles. The summed E-state index contributed by atoms with van der Waals surface area (Å²) in [7, 11) is -3.52. The summed E-state index contributed by atoms with van der Waals surface area (Å²) in [5, 5.41) is 0.952. The first kappa shape index (κ1) is 19.7. The van der Waals surface area contributed by atoms with Gasteiger partial charge in [-0.1, -0.05) is 12.1 Å². The molecule has 0 radical (unpaired) electrons. The molecule has 0 amide bonds. The molecule has 2 aromatic heterocycles. The molecule has 0 saturated carbocycles. The van der Waals surface area contributed by atoms with Crippen LogP contribution in [0.1, 0.15) is 13.8 Å². The van der Waals surface area contributed by atoms with E-state index in [1.165, 1.54) is 0 Å². The van der Waals surface area contributed by atoms with E-state index < -0.39 is 10.2 Å². The molecule has 4 heterocycles. The Bertz CT molecular complexity index is 1160. The van der Waals surface area contributed by atoms with E-state index in [9.17, 15) is 8.42 Å². The Morgan fingerprint density at radius 1 is 0.967 bits per heavy atom. The highest BCUT2D eigenvalue weighted by Gasteiger charge is 2.37. The minimum Gasteiger partial charge on any atom is -0.450 e. The number of para-hydroxylation sites is 1. The molecule has 0 aliphatic carbocycles. The zero-order valence-corrected chi connectivity index (χ0v) is 17.9. The maximum absolute atomic E-state index is 13.1. The van der Waals surface area contributed by atoms with Gasteiger partial charge in [0.15, 0.2) is 11.4 Å². The van der Waals surface area contributed by atoms with Crippen molar-refractivity contribution in [3.8, 4) is 0 Å². The third-order valence-corrected chi connectivity index (χ3v) is 7.68. The lowest BCUT2D eigenvalue weighted by molar-refractivity contribution is -0.0455. The van der Waals surface area contributed by atoms with Crippen LogP contribution in [0.25, 0.3) is 22.1 Å². The lowest BCUT2D eigenvalue weighted by Crippen LogP contribution is -2.57. The zero-order chi connectivity index (χ0) is 20.9. The Morgan fingerprint density at radius 2 is 1.67 bits per heavy atom. The minimum atomic E-state index is -3.52. The monoisotopic (exact) mass is 431 g/mol. The predicted molar refractivity (Wildman–Crippen MR) is 114 cm³/mol. The predicted octanol–water partition coefficient (Wildman–Crippen LogP) is 1.85. The Hall–Kier alpha value is -2.27. The van der Waals surface area contributed by atoms with E-state index in [0.29, 0.717) is 50.7 Å². The number of furan rings is 1. The molecule has 2 aliphatic rings. The van der Waals surface area contributed by atoms with Gasteiger partial charge >= 0.3 is 0 Å². The second-order valence-corrected chi connectivity index (χ2v) is 9.87. The van der Waals surface area contributed by atoms with Gasteiger partial charge in [0.25, 0.3) is 10.2 Å². The van der Waals surface area contributed by atoms with Crippen LogP contribution >= 0.6 is 0 Å². The first-order chi connectivity index (χ1) is 14.4. The van der Waals surface area contributed by atoms with Crippen LogP contribution in [-0.2, 0) is 14.9 Å². The summed E-state index contributed by atoms with van der Waals surface area (Å²) < 4.78 is 41.1. The molecule has 2 saturated heterocycles. The lowest BCUT2D eigenvalue weighted by Gasteiger charge is -2.40. The number of piperazine rings is 1. The van der Waals surface area contributed by atoms with Crippen molar-refractivity contribution in [3.05, 3.63) is 30.6 Å². The molecule has 3 aromatic rings. The van der Waals surface area contributed by atoms with Crippen molar-refractivity contribution < 1.29 is 17.6 Å². The molecule has 30 heavy (non-hydrogen) atoms. The summed E-state index contributed by atoms with van der Waals surface area (Å²) in [6, 6.07) is 7.77. The third kappa shape index (κ3) is 3.33. The fraction of sp³-hybridized carbons (Fsp3) is 0.500. The molecule has 9 nitrogen and oxygen atoms in total. The van der Waals surface area contributed by atoms with Gasteiger partial charge in [-0.05, 0) is 26.0 Å². The van der Waals surface area contributed by atoms with E-state index in [-0.39, 0.29) is 12.2 Å². The SMILES string of the molecule is CC1CN(S(=O)(=O)N2CCN(c3ncnc4c3oc3ccccc34)CC2)CC(C)O1. The number of hydrogen-bond acceptors (Lipinski definition) is 7. The maximum Gasteiger partial charge on any atom is 0.282 e. The van der Waals surface area contributed by atoms with Crippen molar-refractivity contribution in [1.82, 2.24) is 18.6 Å². The molecule has 2 unspecified atom stereocenters. The second kappa shape index (κ2) is 7.45. The smallest absolute Gasteiger partial charge is 0.282 e. The third-order valence-electron chi connectivity index (χ3n) is 5.72. The summed E-state index contributed by atoms with van der Waals surface area (Å²) in [5.41, 5.74) is 2.19. The number of rotatable bonds is 3. The van der Waals surface area contributed by atoms with Crippen molar-refractivity contribution >= 4 is 38.1 Å². The van der Waals surface area contributed by atoms with Crippen molar-refractivity contribution in [3.63, 3.8) is 0 Å². The van der Waals surface area contributed by atoms with E-state index in [4.69, 9.17) is 9.15 Å². The fourth-order valence-electron chi connectivity index (χ4n) is 4.35. The van der Waals surface area contributed by atoms with Crippen molar-refractivity contribution in [2.24, 2.45) is 0 Å². The van der Waals surface area contributed by atoms with Crippen LogP contribution in [-0.4, -0.2) is 78.5 Å². The Morgan fingerprint density at radius 3 is 2.40 bits per heavy atom. The van der Waals surface area contributed by atoms with Crippen LogP contribution < -0.4 is 4.90 Å². The van der Waals surface area contributed by atoms with Gasteiger partial charge in [0.05, 0.1) is 12.2 Å². The minimum absolute atomic E-state index is 0.104. The van der Waals surface area contributed by atoms with Crippen LogP contribution in [0.4, 0.5) is 5.82 Å². The number of anilines is 1. The second-order valence-electron chi connectivity index (χ2n) is 7.94. The Kier molecular flexibility index (Phi) is 4.89. The lowest BCUT2D eigenvalue weighted by atomic mass is 10.2. The van der Waals surface area contributed by atoms with E-state index >= 15 is 0 Å². The average molecular weight is 432 g/mol. The quantitative estimate of drug-likeness (QED) is 0.625. The van der Waals surface area contributed by atoms with Crippen LogP contribution in [0.2, 0.25) is 0 Å². The molecule has 2 aliphatic heterocycles. The Balaban J connectivity index is 1.36. The normalized spacial score (nSPS) is 24.7. The van der Waals surface area contributed by atoms with Crippen LogP contribution in [0.15, 0.2) is 35.0 Å². The number of nitrogens with zero attached hydrogens (tertiary/aromatic N) is 5. The highest BCUT2D eigenvalue weighted by molar-refractivity contribution is 7.86. The highest BCUT2D eigenvalue weighted by atomic mass is 32.2. The van der Waals surface area contributed by atoms with Gasteiger partial charge < -0.3 is 14.1 Å². The first-order valence-electron chi connectivity index (χ1n) is 10.2. The molecule has 0 spiro atoms. The van der Waals surface area contributed by atoms with E-state index in [1.807, 2.05) is 38.1 Å². The van der Waals surface area contributed by atoms with Gasteiger partial charge in [-0.25, -0.2) is 9.97 Å². The topological polar surface area (TPSA) is 92.0 Å². The van der Waals surface area contributed by atoms with Gasteiger partial charge in [0.2, 0.25) is 0 Å². The van der Waals surface area contributed by atoms with Gasteiger partial charge in [-0.2, -0.15) is 17.0 Å². The molecule has 0 N–H and O–H groups in total. The highest BCUT2D eigenvalue weighted by Crippen LogP contribution is 2.32. The van der Waals surface area contributed by atoms with Gasteiger partial charge in [0, 0.05) is 44.7 Å². The van der Waals surface area contributed by atoms with E-state index in [1.54, 1.807) is 14.9 Å². The average Bonchev–Trinajstić information content (AvgIpc) is 3.12. The molecular formula is C20H25N5O4S. The van der Waals surface area contributed by atoms with Crippen molar-refractivity contribution in [2.75, 3.05) is 44.2 Å². The van der Waals surface area contributed by atoms with Crippen LogP contribution in [0.5, 0.6) is 0 Å². The van der Waals surface area contributed by atoms with Crippen molar-refractivity contribution in [2.45, 2.75) is 26.1 Å². The molecule has 160 valence electrons. The number of ether oxygens (including phenoxy) is 1. The molecule has 5 rings (SSSR count). The van der Waals surface area contributed by atoms with Crippen LogP contribution in [0.3, 0.4) is 0 Å². The standard InChI is InChI=1S/C20H25N5O4S/c1-14-11-25(12-15(2)28-14)30(26,27)24-9-7-23(8-10-24)20-19-18(21-13-22-20)16-5-3-4-6-17(16)29-19/h3-6,13-15H,7-12H2,1-2H3. The zero-order valence-electron chi connectivity index (χ0n) is 17.1. The number of hydrogen-bond donors (Lipinski definition) is 0. The van der Waals surface area contributed by atoms with Crippen LogP contribution in [0, 0.1) is 0 Å². The number of benzene rings is 1. The Labute approximate surface area is 175 Å². The molecule has 10 heteroatoms. The number of aromatic nitrogens is 2. The van der Waals surface area contributed by atoms with E-state index in [2.05, 4.69) is 14.9 Å². The van der Waals surface area contributed by atoms with Gasteiger partial charge in [0.1, 0.15) is 17.4 Å². The van der Waals surface area contributed by atoms with Crippen molar-refractivity contribution in [1.29, 1.82) is 0 Å². The largest absolute Gasteiger partial charge is 0.450 e. The first-order valence-corrected chi connectivity index (χ1v) is 11.6. The molecule has 0 bridgehead atoms. The molecule has 2 fully saturated rings. The summed E-state index contributed by atoms with van der Waals surface area (Å²) in [6.45, 7) is 6.46. The van der Waals surface area contributed by atoms with Gasteiger partial charge in [-0.3, -0.25) is 0 Å². The van der Waals surface area contributed by atoms with E-state index in [0.717, 1.165) is 16.5 Å². The molecular weight excluding hydrogens is 406 g/mol. The summed E-state index contributed by atoms with van der Waals surface area (Å²) >= 11 is 0. The maximum atomic E-state index is 13.1. The molecule has 2 atom stereocenters. The number of fused-ring (bicyclic) bond motifs is 3. The summed E-state index contributed by atoms with van der Waals surface area (Å²) in [5.74, 6) is 0.710. The number of morpholine rings is 1. The fourth-order valence-corrected chi connectivity index (χ4v) is 6.10. The van der Waals surface area contributed by atoms with Gasteiger partial charge in [-0.15, -0.1) is 0 Å².